The van der Waals surface area contributed by atoms with E-state index >= 15 is 0 Å². The molecule has 120 valence electrons. The predicted molar refractivity (Wildman–Crippen MR) is 108 cm³/mol. The maximum absolute atomic E-state index is 3.58. The van der Waals surface area contributed by atoms with Crippen LogP contribution in [-0.4, -0.2) is 4.98 Å². The van der Waals surface area contributed by atoms with Crippen LogP contribution in [0, 0.1) is 13.8 Å². The van der Waals surface area contributed by atoms with Crippen LogP contribution in [0.5, 0.6) is 0 Å². The van der Waals surface area contributed by atoms with Crippen LogP contribution in [0.25, 0.3) is 43.7 Å². The zero-order valence-corrected chi connectivity index (χ0v) is 14.4. The summed E-state index contributed by atoms with van der Waals surface area (Å²) in [6.45, 7) is 4.41. The van der Waals surface area contributed by atoms with E-state index in [2.05, 4.69) is 91.6 Å². The van der Waals surface area contributed by atoms with Gasteiger partial charge >= 0.3 is 0 Å². The van der Waals surface area contributed by atoms with Crippen LogP contribution in [0.4, 0.5) is 0 Å². The van der Waals surface area contributed by atoms with Crippen LogP contribution in [0.2, 0.25) is 0 Å². The molecule has 0 amide bonds. The van der Waals surface area contributed by atoms with Gasteiger partial charge in [0.1, 0.15) is 0 Å². The van der Waals surface area contributed by atoms with Crippen LogP contribution in [0.1, 0.15) is 11.1 Å². The Labute approximate surface area is 146 Å². The smallest absolute Gasteiger partial charge is 0.0471 e. The van der Waals surface area contributed by atoms with Crippen molar-refractivity contribution in [3.63, 3.8) is 0 Å². The van der Waals surface area contributed by atoms with Gasteiger partial charge in [0.2, 0.25) is 0 Å². The van der Waals surface area contributed by atoms with Gasteiger partial charge in [0.25, 0.3) is 0 Å². The number of rotatable bonds is 1. The Morgan fingerprint density at radius 2 is 1.36 bits per heavy atom. The van der Waals surface area contributed by atoms with Gasteiger partial charge in [-0.05, 0) is 59.0 Å². The van der Waals surface area contributed by atoms with E-state index in [4.69, 9.17) is 0 Å². The van der Waals surface area contributed by atoms with Gasteiger partial charge in [-0.1, -0.05) is 60.7 Å². The first-order valence-corrected chi connectivity index (χ1v) is 8.73. The monoisotopic (exact) mass is 321 g/mol. The van der Waals surface area contributed by atoms with Gasteiger partial charge in [-0.15, -0.1) is 0 Å². The third kappa shape index (κ3) is 2.02. The summed E-state index contributed by atoms with van der Waals surface area (Å²) in [5.41, 5.74) is 7.72. The Bertz CT molecular complexity index is 1240. The minimum Gasteiger partial charge on any atom is -0.354 e. The highest BCUT2D eigenvalue weighted by atomic mass is 14.7. The largest absolute Gasteiger partial charge is 0.354 e. The molecule has 1 heterocycles. The van der Waals surface area contributed by atoms with E-state index < -0.39 is 0 Å². The predicted octanol–water partition coefficient (Wildman–Crippen LogP) is 6.76. The molecule has 0 aliphatic rings. The first-order chi connectivity index (χ1) is 12.2. The lowest BCUT2D eigenvalue weighted by atomic mass is 9.90. The van der Waals surface area contributed by atoms with Crippen molar-refractivity contribution in [3.05, 3.63) is 83.9 Å². The molecule has 25 heavy (non-hydrogen) atoms. The normalized spacial score (nSPS) is 11.6. The fourth-order valence-corrected chi connectivity index (χ4v) is 4.17. The summed E-state index contributed by atoms with van der Waals surface area (Å²) in [6, 6.07) is 26.2. The van der Waals surface area contributed by atoms with Gasteiger partial charge in [-0.3, -0.25) is 0 Å². The Morgan fingerprint density at radius 1 is 0.600 bits per heavy atom. The van der Waals surface area contributed by atoms with Crippen molar-refractivity contribution in [2.45, 2.75) is 13.8 Å². The first kappa shape index (κ1) is 14.3. The van der Waals surface area contributed by atoms with Gasteiger partial charge in [0.15, 0.2) is 0 Å². The second-order valence-corrected chi connectivity index (χ2v) is 6.83. The van der Waals surface area contributed by atoms with Gasteiger partial charge in [-0.2, -0.15) is 0 Å². The van der Waals surface area contributed by atoms with Crippen molar-refractivity contribution in [1.82, 2.24) is 4.98 Å². The van der Waals surface area contributed by atoms with Crippen molar-refractivity contribution in [1.29, 1.82) is 0 Å². The Kier molecular flexibility index (Phi) is 2.98. The van der Waals surface area contributed by atoms with E-state index in [0.29, 0.717) is 0 Å². The highest BCUT2D eigenvalue weighted by Crippen LogP contribution is 2.39. The van der Waals surface area contributed by atoms with Gasteiger partial charge in [0.05, 0.1) is 0 Å². The average molecular weight is 321 g/mol. The molecule has 0 radical (unpaired) electrons. The lowest BCUT2D eigenvalue weighted by Crippen LogP contribution is -1.89. The first-order valence-electron chi connectivity index (χ1n) is 8.73. The fourth-order valence-electron chi connectivity index (χ4n) is 4.17. The number of H-pyrrole nitrogens is 1. The maximum atomic E-state index is 3.58. The molecule has 0 atom stereocenters. The van der Waals surface area contributed by atoms with Crippen LogP contribution < -0.4 is 0 Å². The summed E-state index contributed by atoms with van der Waals surface area (Å²) in [7, 11) is 0. The van der Waals surface area contributed by atoms with Crippen molar-refractivity contribution >= 4 is 32.6 Å². The number of aromatic amines is 1. The van der Waals surface area contributed by atoms with Crippen molar-refractivity contribution in [2.24, 2.45) is 0 Å². The number of nitrogens with one attached hydrogen (secondary N) is 1. The van der Waals surface area contributed by atoms with E-state index in [9.17, 15) is 0 Å². The minimum atomic E-state index is 1.20. The molecule has 1 N–H and O–H groups in total. The van der Waals surface area contributed by atoms with Gasteiger partial charge in [0, 0.05) is 21.8 Å². The SMILES string of the molecule is Cc1cccc(C)c1-c1cccc2ccc3[nH]c4ccccc4c3c12. The standard InChI is InChI=1S/C24H19N/c1-15-7-5-8-16(2)22(15)19-11-6-9-17-13-14-21-24(23(17)19)18-10-3-4-12-20(18)25-21/h3-14,25H,1-2H3. The molecule has 1 aromatic heterocycles. The van der Waals surface area contributed by atoms with Crippen molar-refractivity contribution in [2.75, 3.05) is 0 Å². The molecule has 5 rings (SSSR count). The quantitative estimate of drug-likeness (QED) is 0.351. The number of aryl methyl sites for hydroxylation is 2. The topological polar surface area (TPSA) is 15.8 Å². The molecular formula is C24H19N. The maximum Gasteiger partial charge on any atom is 0.0471 e. The summed E-state index contributed by atoms with van der Waals surface area (Å²) in [5, 5.41) is 5.25. The lowest BCUT2D eigenvalue weighted by Gasteiger charge is -2.14. The van der Waals surface area contributed by atoms with Crippen LogP contribution >= 0.6 is 0 Å². The summed E-state index contributed by atoms with van der Waals surface area (Å²) in [5.74, 6) is 0. The zero-order chi connectivity index (χ0) is 17.0. The number of fused-ring (bicyclic) bond motifs is 5. The molecule has 4 aromatic carbocycles. The lowest BCUT2D eigenvalue weighted by molar-refractivity contribution is 1.39. The number of hydrogen-bond acceptors (Lipinski definition) is 0. The summed E-state index contributed by atoms with van der Waals surface area (Å²) >= 11 is 0. The third-order valence-electron chi connectivity index (χ3n) is 5.26. The molecule has 1 heteroatoms. The third-order valence-corrected chi connectivity index (χ3v) is 5.26. The second kappa shape index (κ2) is 5.22. The van der Waals surface area contributed by atoms with E-state index in [0.717, 1.165) is 0 Å². The molecule has 0 saturated carbocycles. The fraction of sp³-hybridized carbons (Fsp3) is 0.0833. The zero-order valence-electron chi connectivity index (χ0n) is 14.4. The number of hydrogen-bond donors (Lipinski definition) is 1. The Morgan fingerprint density at radius 3 is 2.20 bits per heavy atom. The second-order valence-electron chi connectivity index (χ2n) is 6.83. The molecule has 1 nitrogen and oxygen atoms in total. The highest BCUT2D eigenvalue weighted by Gasteiger charge is 2.14. The molecular weight excluding hydrogens is 302 g/mol. The van der Waals surface area contributed by atoms with Crippen molar-refractivity contribution in [3.8, 4) is 11.1 Å². The van der Waals surface area contributed by atoms with Crippen LogP contribution in [-0.2, 0) is 0 Å². The minimum absolute atomic E-state index is 1.20. The number of para-hydroxylation sites is 1. The average Bonchev–Trinajstić information content (AvgIpc) is 3.00. The van der Waals surface area contributed by atoms with Crippen LogP contribution in [0.15, 0.2) is 72.8 Å². The molecule has 0 aliphatic carbocycles. The van der Waals surface area contributed by atoms with E-state index in [1.165, 1.54) is 54.8 Å². The number of benzene rings is 4. The van der Waals surface area contributed by atoms with Crippen LogP contribution in [0.3, 0.4) is 0 Å². The molecule has 0 bridgehead atoms. The van der Waals surface area contributed by atoms with E-state index in [1.807, 2.05) is 0 Å². The molecule has 0 spiro atoms. The molecule has 0 aliphatic heterocycles. The summed E-state index contributed by atoms with van der Waals surface area (Å²) in [4.78, 5) is 3.58. The highest BCUT2D eigenvalue weighted by molar-refractivity contribution is 6.24. The van der Waals surface area contributed by atoms with E-state index in [1.54, 1.807) is 0 Å². The summed E-state index contributed by atoms with van der Waals surface area (Å²) < 4.78 is 0. The molecule has 0 saturated heterocycles. The Hall–Kier alpha value is -3.06. The van der Waals surface area contributed by atoms with Gasteiger partial charge < -0.3 is 4.98 Å². The molecule has 5 aromatic rings. The number of aromatic nitrogens is 1. The molecule has 0 fully saturated rings. The molecule has 0 unspecified atom stereocenters. The van der Waals surface area contributed by atoms with Crippen molar-refractivity contribution < 1.29 is 0 Å². The Balaban J connectivity index is 2.04. The van der Waals surface area contributed by atoms with Gasteiger partial charge in [-0.25, -0.2) is 0 Å². The van der Waals surface area contributed by atoms with E-state index in [-0.39, 0.29) is 0 Å². The summed E-state index contributed by atoms with van der Waals surface area (Å²) in [6.07, 6.45) is 0.